The molecular weight excluding hydrogens is 124 g/mol. The van der Waals surface area contributed by atoms with E-state index in [-0.39, 0.29) is 6.10 Å². The molecular formula is C9H20O. The summed E-state index contributed by atoms with van der Waals surface area (Å²) in [5.41, 5.74) is 0. The molecule has 0 aliphatic heterocycles. The van der Waals surface area contributed by atoms with Crippen LogP contribution in [0.3, 0.4) is 0 Å². The van der Waals surface area contributed by atoms with Gasteiger partial charge in [0.25, 0.3) is 0 Å². The second-order valence-corrected chi connectivity index (χ2v) is 3.58. The molecule has 0 amide bonds. The number of hydrogen-bond acceptors (Lipinski definition) is 1. The number of aliphatic hydroxyl groups is 1. The van der Waals surface area contributed by atoms with E-state index in [1.165, 1.54) is 0 Å². The number of rotatable bonds is 4. The fraction of sp³-hybridized carbons (Fsp3) is 1.00. The SMILES string of the molecule is CC[C@H](C)[C@@H](O)CC(C)C. The molecule has 0 aliphatic carbocycles. The minimum atomic E-state index is -0.0926. The van der Waals surface area contributed by atoms with Gasteiger partial charge in [-0.3, -0.25) is 0 Å². The van der Waals surface area contributed by atoms with E-state index in [9.17, 15) is 5.11 Å². The van der Waals surface area contributed by atoms with Gasteiger partial charge in [-0.15, -0.1) is 0 Å². The van der Waals surface area contributed by atoms with Crippen molar-refractivity contribution in [3.05, 3.63) is 0 Å². The van der Waals surface area contributed by atoms with Crippen molar-refractivity contribution in [3.63, 3.8) is 0 Å². The molecule has 1 N–H and O–H groups in total. The first-order valence-corrected chi connectivity index (χ1v) is 4.26. The van der Waals surface area contributed by atoms with Gasteiger partial charge in [0.15, 0.2) is 0 Å². The molecule has 1 nitrogen and oxygen atoms in total. The Labute approximate surface area is 64.5 Å². The highest BCUT2D eigenvalue weighted by Gasteiger charge is 2.12. The van der Waals surface area contributed by atoms with Crippen molar-refractivity contribution in [2.75, 3.05) is 0 Å². The maximum absolute atomic E-state index is 9.49. The van der Waals surface area contributed by atoms with Crippen LogP contribution in [0.4, 0.5) is 0 Å². The molecule has 0 aromatic heterocycles. The molecule has 10 heavy (non-hydrogen) atoms. The van der Waals surface area contributed by atoms with Gasteiger partial charge in [-0.1, -0.05) is 34.1 Å². The third-order valence-electron chi connectivity index (χ3n) is 2.01. The molecule has 0 saturated heterocycles. The molecule has 0 aromatic carbocycles. The lowest BCUT2D eigenvalue weighted by Crippen LogP contribution is -2.18. The molecule has 0 heterocycles. The number of aliphatic hydroxyl groups excluding tert-OH is 1. The lowest BCUT2D eigenvalue weighted by Gasteiger charge is -2.18. The van der Waals surface area contributed by atoms with Gasteiger partial charge in [0, 0.05) is 0 Å². The van der Waals surface area contributed by atoms with Crippen LogP contribution in [-0.2, 0) is 0 Å². The van der Waals surface area contributed by atoms with Gasteiger partial charge in [-0.05, 0) is 18.3 Å². The van der Waals surface area contributed by atoms with Crippen LogP contribution >= 0.6 is 0 Å². The average Bonchev–Trinajstić information content (AvgIpc) is 1.85. The van der Waals surface area contributed by atoms with Gasteiger partial charge in [-0.25, -0.2) is 0 Å². The Hall–Kier alpha value is -0.0400. The maximum Gasteiger partial charge on any atom is 0.0568 e. The Kier molecular flexibility index (Phi) is 4.71. The molecule has 2 atom stereocenters. The third-order valence-corrected chi connectivity index (χ3v) is 2.01. The molecule has 0 rings (SSSR count). The van der Waals surface area contributed by atoms with Gasteiger partial charge in [-0.2, -0.15) is 0 Å². The zero-order valence-corrected chi connectivity index (χ0v) is 7.59. The normalized spacial score (nSPS) is 17.4. The van der Waals surface area contributed by atoms with Crippen LogP contribution in [0.5, 0.6) is 0 Å². The van der Waals surface area contributed by atoms with Crippen LogP contribution < -0.4 is 0 Å². The Morgan fingerprint density at radius 1 is 1.20 bits per heavy atom. The number of hydrogen-bond donors (Lipinski definition) is 1. The Bertz CT molecular complexity index is 78.8. The standard InChI is InChI=1S/C9H20O/c1-5-8(4)9(10)6-7(2)3/h7-10H,5-6H2,1-4H3/t8-,9-/m0/s1. The lowest BCUT2D eigenvalue weighted by molar-refractivity contribution is 0.0928. The summed E-state index contributed by atoms with van der Waals surface area (Å²) in [6, 6.07) is 0. The first-order chi connectivity index (χ1) is 4.57. The second-order valence-electron chi connectivity index (χ2n) is 3.58. The van der Waals surface area contributed by atoms with E-state index >= 15 is 0 Å². The third kappa shape index (κ3) is 3.89. The Morgan fingerprint density at radius 3 is 2.00 bits per heavy atom. The summed E-state index contributed by atoms with van der Waals surface area (Å²) in [6.45, 7) is 8.51. The van der Waals surface area contributed by atoms with E-state index in [0.717, 1.165) is 12.8 Å². The first-order valence-electron chi connectivity index (χ1n) is 4.26. The quantitative estimate of drug-likeness (QED) is 0.642. The van der Waals surface area contributed by atoms with Crippen LogP contribution in [0.25, 0.3) is 0 Å². The summed E-state index contributed by atoms with van der Waals surface area (Å²) in [6.07, 6.45) is 1.92. The van der Waals surface area contributed by atoms with E-state index in [2.05, 4.69) is 27.7 Å². The zero-order chi connectivity index (χ0) is 8.15. The molecule has 0 aliphatic rings. The molecule has 0 radical (unpaired) electrons. The highest BCUT2D eigenvalue weighted by atomic mass is 16.3. The van der Waals surface area contributed by atoms with Crippen molar-refractivity contribution in [1.29, 1.82) is 0 Å². The highest BCUT2D eigenvalue weighted by Crippen LogP contribution is 2.14. The van der Waals surface area contributed by atoms with Crippen molar-refractivity contribution >= 4 is 0 Å². The topological polar surface area (TPSA) is 20.2 Å². The predicted octanol–water partition coefficient (Wildman–Crippen LogP) is 2.44. The molecule has 0 unspecified atom stereocenters. The highest BCUT2D eigenvalue weighted by molar-refractivity contribution is 4.64. The molecule has 62 valence electrons. The smallest absolute Gasteiger partial charge is 0.0568 e. The molecule has 0 fully saturated rings. The van der Waals surface area contributed by atoms with Crippen molar-refractivity contribution in [1.82, 2.24) is 0 Å². The lowest BCUT2D eigenvalue weighted by atomic mass is 9.94. The molecule has 0 aromatic rings. The Balaban J connectivity index is 3.50. The summed E-state index contributed by atoms with van der Waals surface area (Å²) in [5.74, 6) is 1.08. The van der Waals surface area contributed by atoms with Crippen molar-refractivity contribution < 1.29 is 5.11 Å². The van der Waals surface area contributed by atoms with Gasteiger partial charge < -0.3 is 5.11 Å². The van der Waals surface area contributed by atoms with Gasteiger partial charge >= 0.3 is 0 Å². The van der Waals surface area contributed by atoms with E-state index in [1.54, 1.807) is 0 Å². The molecule has 0 saturated carbocycles. The molecule has 0 bridgehead atoms. The maximum atomic E-state index is 9.49. The van der Waals surface area contributed by atoms with Crippen LogP contribution in [-0.4, -0.2) is 11.2 Å². The first kappa shape index (κ1) is 9.96. The minimum Gasteiger partial charge on any atom is -0.393 e. The predicted molar refractivity (Wildman–Crippen MR) is 44.9 cm³/mol. The van der Waals surface area contributed by atoms with Crippen LogP contribution in [0.2, 0.25) is 0 Å². The summed E-state index contributed by atoms with van der Waals surface area (Å²) in [5, 5.41) is 9.49. The van der Waals surface area contributed by atoms with Gasteiger partial charge in [0.2, 0.25) is 0 Å². The van der Waals surface area contributed by atoms with Crippen molar-refractivity contribution in [2.45, 2.75) is 46.6 Å². The minimum absolute atomic E-state index is 0.0926. The largest absolute Gasteiger partial charge is 0.393 e. The Morgan fingerprint density at radius 2 is 1.70 bits per heavy atom. The average molecular weight is 144 g/mol. The van der Waals surface area contributed by atoms with Crippen LogP contribution in [0.15, 0.2) is 0 Å². The second kappa shape index (κ2) is 4.73. The van der Waals surface area contributed by atoms with Crippen LogP contribution in [0, 0.1) is 11.8 Å². The van der Waals surface area contributed by atoms with E-state index in [0.29, 0.717) is 11.8 Å². The summed E-state index contributed by atoms with van der Waals surface area (Å²) in [4.78, 5) is 0. The van der Waals surface area contributed by atoms with Gasteiger partial charge in [0.05, 0.1) is 6.10 Å². The van der Waals surface area contributed by atoms with E-state index in [1.807, 2.05) is 0 Å². The monoisotopic (exact) mass is 144 g/mol. The van der Waals surface area contributed by atoms with E-state index in [4.69, 9.17) is 0 Å². The fourth-order valence-corrected chi connectivity index (χ4v) is 0.987. The summed E-state index contributed by atoms with van der Waals surface area (Å²) < 4.78 is 0. The van der Waals surface area contributed by atoms with Crippen LogP contribution in [0.1, 0.15) is 40.5 Å². The summed E-state index contributed by atoms with van der Waals surface area (Å²) >= 11 is 0. The molecule has 1 heteroatoms. The van der Waals surface area contributed by atoms with Crippen molar-refractivity contribution in [3.8, 4) is 0 Å². The summed E-state index contributed by atoms with van der Waals surface area (Å²) in [7, 11) is 0. The fourth-order valence-electron chi connectivity index (χ4n) is 0.987. The molecule has 0 spiro atoms. The van der Waals surface area contributed by atoms with E-state index < -0.39 is 0 Å². The zero-order valence-electron chi connectivity index (χ0n) is 7.59. The van der Waals surface area contributed by atoms with Gasteiger partial charge in [0.1, 0.15) is 0 Å². The van der Waals surface area contributed by atoms with Crippen molar-refractivity contribution in [2.24, 2.45) is 11.8 Å².